The summed E-state index contributed by atoms with van der Waals surface area (Å²) in [4.78, 5) is 0. The molecular formula is C18H18N4O2. The van der Waals surface area contributed by atoms with Crippen molar-refractivity contribution in [2.24, 2.45) is 7.05 Å². The van der Waals surface area contributed by atoms with Gasteiger partial charge in [-0.3, -0.25) is 4.68 Å². The molecule has 0 aliphatic carbocycles. The molecule has 0 saturated carbocycles. The van der Waals surface area contributed by atoms with Crippen molar-refractivity contribution in [1.29, 1.82) is 5.26 Å². The number of hydrogen-bond donors (Lipinski definition) is 2. The van der Waals surface area contributed by atoms with Crippen LogP contribution in [0.1, 0.15) is 23.0 Å². The summed E-state index contributed by atoms with van der Waals surface area (Å²) in [6.45, 7) is 0.955. The number of benzene rings is 1. The standard InChI is InChI=1S/C18H18N4O2/c1-22-12-15(10-20-11-16(23)17-3-2-8-24-17)18(21-22)14-6-4-13(9-19)5-7-14/h2-8,12,16,20,23H,10-11H2,1H3. The molecule has 3 rings (SSSR count). The van der Waals surface area contributed by atoms with Crippen LogP contribution in [0.3, 0.4) is 0 Å². The molecule has 0 aliphatic heterocycles. The molecule has 0 saturated heterocycles. The van der Waals surface area contributed by atoms with E-state index in [9.17, 15) is 5.11 Å². The minimum Gasteiger partial charge on any atom is -0.467 e. The maximum Gasteiger partial charge on any atom is 0.133 e. The third-order valence-corrected chi connectivity index (χ3v) is 3.72. The third kappa shape index (κ3) is 3.54. The second kappa shape index (κ2) is 7.13. The van der Waals surface area contributed by atoms with Gasteiger partial charge >= 0.3 is 0 Å². The Bertz CT molecular complexity index is 829. The van der Waals surface area contributed by atoms with Crippen molar-refractivity contribution in [2.75, 3.05) is 6.54 Å². The summed E-state index contributed by atoms with van der Waals surface area (Å²) in [5.41, 5.74) is 3.46. The van der Waals surface area contributed by atoms with E-state index in [-0.39, 0.29) is 0 Å². The first kappa shape index (κ1) is 16.0. The van der Waals surface area contributed by atoms with Gasteiger partial charge in [0.1, 0.15) is 11.9 Å². The summed E-state index contributed by atoms with van der Waals surface area (Å²) in [6.07, 6.45) is 2.80. The smallest absolute Gasteiger partial charge is 0.133 e. The number of nitrogens with one attached hydrogen (secondary N) is 1. The summed E-state index contributed by atoms with van der Waals surface area (Å²) >= 11 is 0. The molecule has 0 radical (unpaired) electrons. The first-order valence-corrected chi connectivity index (χ1v) is 7.62. The maximum atomic E-state index is 10.0. The van der Waals surface area contributed by atoms with Gasteiger partial charge in [0.05, 0.1) is 23.6 Å². The Kier molecular flexibility index (Phi) is 4.75. The summed E-state index contributed by atoms with van der Waals surface area (Å²) in [5, 5.41) is 26.6. The number of nitriles is 1. The number of furan rings is 1. The topological polar surface area (TPSA) is 87.0 Å². The lowest BCUT2D eigenvalue weighted by Gasteiger charge is -2.09. The molecule has 1 unspecified atom stereocenters. The van der Waals surface area contributed by atoms with Crippen molar-refractivity contribution in [3.63, 3.8) is 0 Å². The van der Waals surface area contributed by atoms with Gasteiger partial charge < -0.3 is 14.8 Å². The van der Waals surface area contributed by atoms with Gasteiger partial charge in [-0.1, -0.05) is 12.1 Å². The summed E-state index contributed by atoms with van der Waals surface area (Å²) in [6, 6.07) is 13.0. The molecule has 1 atom stereocenters. The molecule has 1 aromatic carbocycles. The SMILES string of the molecule is Cn1cc(CNCC(O)c2ccco2)c(-c2ccc(C#N)cc2)n1. The van der Waals surface area contributed by atoms with Gasteiger partial charge in [-0.15, -0.1) is 0 Å². The van der Waals surface area contributed by atoms with E-state index in [0.29, 0.717) is 24.4 Å². The molecule has 6 nitrogen and oxygen atoms in total. The van der Waals surface area contributed by atoms with Crippen LogP contribution in [0.5, 0.6) is 0 Å². The molecule has 6 heteroatoms. The number of nitrogens with zero attached hydrogens (tertiary/aromatic N) is 3. The zero-order valence-corrected chi connectivity index (χ0v) is 13.3. The molecule has 0 aliphatic rings. The van der Waals surface area contributed by atoms with E-state index in [4.69, 9.17) is 9.68 Å². The van der Waals surface area contributed by atoms with Crippen LogP contribution >= 0.6 is 0 Å². The minimum atomic E-state index is -0.685. The number of aliphatic hydroxyl groups excluding tert-OH is 1. The summed E-state index contributed by atoms with van der Waals surface area (Å²) in [7, 11) is 1.87. The Hall–Kier alpha value is -2.88. The predicted molar refractivity (Wildman–Crippen MR) is 88.7 cm³/mol. The highest BCUT2D eigenvalue weighted by Crippen LogP contribution is 2.22. The second-order valence-electron chi connectivity index (χ2n) is 5.53. The van der Waals surface area contributed by atoms with Crippen LogP contribution < -0.4 is 5.32 Å². The predicted octanol–water partition coefficient (Wildman–Crippen LogP) is 2.37. The Morgan fingerprint density at radius 2 is 2.12 bits per heavy atom. The minimum absolute atomic E-state index is 0.384. The molecule has 3 aromatic rings. The number of hydrogen-bond acceptors (Lipinski definition) is 5. The van der Waals surface area contributed by atoms with Crippen LogP contribution in [0.25, 0.3) is 11.3 Å². The molecular weight excluding hydrogens is 304 g/mol. The van der Waals surface area contributed by atoms with Crippen molar-refractivity contribution in [2.45, 2.75) is 12.6 Å². The van der Waals surface area contributed by atoms with Crippen LogP contribution in [0, 0.1) is 11.3 Å². The van der Waals surface area contributed by atoms with Crippen molar-refractivity contribution in [3.05, 3.63) is 65.7 Å². The van der Waals surface area contributed by atoms with E-state index >= 15 is 0 Å². The van der Waals surface area contributed by atoms with Gasteiger partial charge in [-0.25, -0.2) is 0 Å². The molecule has 122 valence electrons. The maximum absolute atomic E-state index is 10.0. The Balaban J connectivity index is 1.69. The van der Waals surface area contributed by atoms with Gasteiger partial charge in [0.2, 0.25) is 0 Å². The highest BCUT2D eigenvalue weighted by molar-refractivity contribution is 5.63. The zero-order chi connectivity index (χ0) is 16.9. The second-order valence-corrected chi connectivity index (χ2v) is 5.53. The van der Waals surface area contributed by atoms with E-state index in [0.717, 1.165) is 16.8 Å². The summed E-state index contributed by atoms with van der Waals surface area (Å²) < 4.78 is 6.94. The van der Waals surface area contributed by atoms with Crippen molar-refractivity contribution in [1.82, 2.24) is 15.1 Å². The van der Waals surface area contributed by atoms with Crippen LogP contribution in [0.2, 0.25) is 0 Å². The van der Waals surface area contributed by atoms with Crippen molar-refractivity contribution >= 4 is 0 Å². The summed E-state index contributed by atoms with van der Waals surface area (Å²) in [5.74, 6) is 0.543. The van der Waals surface area contributed by atoms with E-state index in [1.54, 1.807) is 35.2 Å². The molecule has 24 heavy (non-hydrogen) atoms. The number of aliphatic hydroxyl groups is 1. The normalized spacial score (nSPS) is 12.0. The van der Waals surface area contributed by atoms with Gasteiger partial charge in [0.15, 0.2) is 0 Å². The third-order valence-electron chi connectivity index (χ3n) is 3.72. The van der Waals surface area contributed by atoms with Gasteiger partial charge in [0, 0.05) is 37.5 Å². The molecule has 0 spiro atoms. The number of rotatable bonds is 6. The number of aryl methyl sites for hydroxylation is 1. The van der Waals surface area contributed by atoms with Crippen LogP contribution in [0.4, 0.5) is 0 Å². The van der Waals surface area contributed by atoms with Gasteiger partial charge in [0.25, 0.3) is 0 Å². The fourth-order valence-corrected chi connectivity index (χ4v) is 2.54. The lowest BCUT2D eigenvalue weighted by molar-refractivity contribution is 0.147. The van der Waals surface area contributed by atoms with Crippen molar-refractivity contribution < 1.29 is 9.52 Å². The molecule has 0 fully saturated rings. The van der Waals surface area contributed by atoms with E-state index < -0.39 is 6.10 Å². The Morgan fingerprint density at radius 1 is 1.33 bits per heavy atom. The zero-order valence-electron chi connectivity index (χ0n) is 13.3. The van der Waals surface area contributed by atoms with Crippen LogP contribution in [0.15, 0.2) is 53.3 Å². The van der Waals surface area contributed by atoms with Gasteiger partial charge in [-0.2, -0.15) is 10.4 Å². The lowest BCUT2D eigenvalue weighted by atomic mass is 10.1. The fourth-order valence-electron chi connectivity index (χ4n) is 2.54. The molecule has 0 amide bonds. The molecule has 2 N–H and O–H groups in total. The highest BCUT2D eigenvalue weighted by Gasteiger charge is 2.13. The van der Waals surface area contributed by atoms with E-state index in [2.05, 4.69) is 16.5 Å². The van der Waals surface area contributed by atoms with Crippen LogP contribution in [-0.4, -0.2) is 21.4 Å². The molecule has 0 bridgehead atoms. The quantitative estimate of drug-likeness (QED) is 0.727. The Morgan fingerprint density at radius 3 is 2.79 bits per heavy atom. The average molecular weight is 322 g/mol. The first-order chi connectivity index (χ1) is 11.7. The van der Waals surface area contributed by atoms with E-state index in [1.807, 2.05) is 25.4 Å². The monoisotopic (exact) mass is 322 g/mol. The average Bonchev–Trinajstić information content (AvgIpc) is 3.25. The largest absolute Gasteiger partial charge is 0.467 e. The number of aromatic nitrogens is 2. The Labute approximate surface area is 140 Å². The van der Waals surface area contributed by atoms with Gasteiger partial charge in [-0.05, 0) is 24.3 Å². The van der Waals surface area contributed by atoms with Crippen LogP contribution in [-0.2, 0) is 13.6 Å². The van der Waals surface area contributed by atoms with Crippen molar-refractivity contribution in [3.8, 4) is 17.3 Å². The lowest BCUT2D eigenvalue weighted by Crippen LogP contribution is -2.20. The first-order valence-electron chi connectivity index (χ1n) is 7.62. The van der Waals surface area contributed by atoms with E-state index in [1.165, 1.54) is 0 Å². The fraction of sp³-hybridized carbons (Fsp3) is 0.222. The molecule has 2 aromatic heterocycles. The highest BCUT2D eigenvalue weighted by atomic mass is 16.4. The molecule has 2 heterocycles.